The van der Waals surface area contributed by atoms with Crippen molar-refractivity contribution < 1.29 is 9.90 Å². The van der Waals surface area contributed by atoms with Gasteiger partial charge in [-0.15, -0.1) is 0 Å². The average Bonchev–Trinajstić information content (AvgIpc) is 2.22. The van der Waals surface area contributed by atoms with Gasteiger partial charge in [0.25, 0.3) is 5.56 Å². The lowest BCUT2D eigenvalue weighted by atomic mass is 10.2. The van der Waals surface area contributed by atoms with E-state index in [0.29, 0.717) is 5.65 Å². The zero-order valence-corrected chi connectivity index (χ0v) is 8.81. The number of fused-ring (bicyclic) bond motifs is 1. The first-order valence-electron chi connectivity index (χ1n) is 4.46. The van der Waals surface area contributed by atoms with Gasteiger partial charge in [0.15, 0.2) is 0 Å². The van der Waals surface area contributed by atoms with Gasteiger partial charge >= 0.3 is 5.97 Å². The van der Waals surface area contributed by atoms with Gasteiger partial charge in [-0.2, -0.15) is 0 Å². The van der Waals surface area contributed by atoms with Gasteiger partial charge in [0.05, 0.1) is 6.42 Å². The fourth-order valence-corrected chi connectivity index (χ4v) is 1.64. The minimum atomic E-state index is -1.08. The summed E-state index contributed by atoms with van der Waals surface area (Å²) in [5.41, 5.74) is 0.0581. The number of carbonyl (C=O) groups is 1. The molecule has 0 spiro atoms. The highest BCUT2D eigenvalue weighted by Gasteiger charge is 2.09. The summed E-state index contributed by atoms with van der Waals surface area (Å²) in [6.45, 7) is 0. The number of carboxylic acid groups (broad SMARTS) is 1. The van der Waals surface area contributed by atoms with Gasteiger partial charge in [0.1, 0.15) is 10.8 Å². The number of aromatic nitrogens is 2. The molecule has 2 aromatic heterocycles. The molecule has 2 aromatic rings. The van der Waals surface area contributed by atoms with E-state index in [4.69, 9.17) is 16.7 Å². The largest absolute Gasteiger partial charge is 0.481 e. The van der Waals surface area contributed by atoms with Crippen LogP contribution in [0.4, 0.5) is 0 Å². The van der Waals surface area contributed by atoms with Crippen molar-refractivity contribution in [2.24, 2.45) is 0 Å². The van der Waals surface area contributed by atoms with Gasteiger partial charge in [-0.3, -0.25) is 14.0 Å². The van der Waals surface area contributed by atoms with Crippen LogP contribution in [0.25, 0.3) is 5.65 Å². The van der Waals surface area contributed by atoms with E-state index in [0.717, 1.165) is 0 Å². The van der Waals surface area contributed by atoms with E-state index < -0.39 is 11.5 Å². The molecule has 0 saturated heterocycles. The standard InChI is InChI=1S/C10H7ClN2O3/c11-7-2-1-3-8-12-5-6(4-9(14)15)10(16)13(7)8/h1-3,5H,4H2,(H,14,15). The summed E-state index contributed by atoms with van der Waals surface area (Å²) in [7, 11) is 0. The molecule has 82 valence electrons. The summed E-state index contributed by atoms with van der Waals surface area (Å²) in [5, 5.41) is 8.83. The Bertz CT molecular complexity index is 621. The van der Waals surface area contributed by atoms with Gasteiger partial charge in [-0.1, -0.05) is 17.7 Å². The Morgan fingerprint density at radius 1 is 1.50 bits per heavy atom. The highest BCUT2D eigenvalue weighted by molar-refractivity contribution is 6.29. The van der Waals surface area contributed by atoms with Crippen molar-refractivity contribution in [3.63, 3.8) is 0 Å². The maximum atomic E-state index is 11.9. The van der Waals surface area contributed by atoms with E-state index in [1.165, 1.54) is 10.6 Å². The molecule has 0 radical (unpaired) electrons. The molecule has 5 nitrogen and oxygen atoms in total. The molecule has 0 aromatic carbocycles. The third-order valence-electron chi connectivity index (χ3n) is 2.09. The molecule has 0 atom stereocenters. The lowest BCUT2D eigenvalue weighted by Crippen LogP contribution is -2.22. The highest BCUT2D eigenvalue weighted by Crippen LogP contribution is 2.08. The number of rotatable bonds is 2. The third-order valence-corrected chi connectivity index (χ3v) is 2.39. The minimum Gasteiger partial charge on any atom is -0.481 e. The van der Waals surface area contributed by atoms with Crippen molar-refractivity contribution in [1.82, 2.24) is 9.38 Å². The summed E-state index contributed by atoms with van der Waals surface area (Å²) >= 11 is 5.85. The third kappa shape index (κ3) is 1.77. The Kier molecular flexibility index (Phi) is 2.62. The second-order valence-electron chi connectivity index (χ2n) is 3.20. The van der Waals surface area contributed by atoms with Gasteiger partial charge in [-0.05, 0) is 12.1 Å². The second-order valence-corrected chi connectivity index (χ2v) is 3.59. The van der Waals surface area contributed by atoms with Crippen LogP contribution in [-0.2, 0) is 11.2 Å². The lowest BCUT2D eigenvalue weighted by Gasteiger charge is -2.03. The first-order chi connectivity index (χ1) is 7.59. The number of hydrogen-bond acceptors (Lipinski definition) is 3. The quantitative estimate of drug-likeness (QED) is 0.792. The van der Waals surface area contributed by atoms with Crippen LogP contribution in [0.3, 0.4) is 0 Å². The summed E-state index contributed by atoms with van der Waals surface area (Å²) in [5.74, 6) is -1.08. The van der Waals surface area contributed by atoms with Crippen LogP contribution in [-0.4, -0.2) is 20.5 Å². The molecule has 0 saturated carbocycles. The molecule has 0 bridgehead atoms. The average molecular weight is 239 g/mol. The summed E-state index contributed by atoms with van der Waals surface area (Å²) in [6, 6.07) is 4.83. The fourth-order valence-electron chi connectivity index (χ4n) is 1.40. The second kappa shape index (κ2) is 3.94. The van der Waals surface area contributed by atoms with Crippen molar-refractivity contribution >= 4 is 23.2 Å². The number of carboxylic acids is 1. The maximum absolute atomic E-state index is 11.9. The number of hydrogen-bond donors (Lipinski definition) is 1. The monoisotopic (exact) mass is 238 g/mol. The smallest absolute Gasteiger partial charge is 0.308 e. The Balaban J connectivity index is 2.73. The van der Waals surface area contributed by atoms with Crippen molar-refractivity contribution in [3.05, 3.63) is 45.5 Å². The minimum absolute atomic E-state index is 0.109. The van der Waals surface area contributed by atoms with Crippen molar-refractivity contribution in [3.8, 4) is 0 Å². The van der Waals surface area contributed by atoms with Gasteiger partial charge in [0, 0.05) is 11.8 Å². The topological polar surface area (TPSA) is 71.7 Å². The summed E-state index contributed by atoms with van der Waals surface area (Å²) in [6.07, 6.45) is 0.905. The van der Waals surface area contributed by atoms with Crippen molar-refractivity contribution in [1.29, 1.82) is 0 Å². The van der Waals surface area contributed by atoms with E-state index in [-0.39, 0.29) is 17.1 Å². The SMILES string of the molecule is O=C(O)Cc1cnc2cccc(Cl)n2c1=O. The maximum Gasteiger partial charge on any atom is 0.308 e. The Hall–Kier alpha value is -1.88. The van der Waals surface area contributed by atoms with Gasteiger partial charge < -0.3 is 5.11 Å². The Morgan fingerprint density at radius 2 is 2.25 bits per heavy atom. The normalized spacial score (nSPS) is 10.6. The Labute approximate surface area is 94.9 Å². The van der Waals surface area contributed by atoms with Crippen LogP contribution in [0.5, 0.6) is 0 Å². The molecule has 0 aliphatic heterocycles. The molecule has 2 rings (SSSR count). The predicted molar refractivity (Wildman–Crippen MR) is 57.8 cm³/mol. The van der Waals surface area contributed by atoms with Gasteiger partial charge in [-0.25, -0.2) is 4.98 Å². The van der Waals surface area contributed by atoms with Crippen LogP contribution in [0.2, 0.25) is 5.15 Å². The van der Waals surface area contributed by atoms with Crippen LogP contribution in [0.1, 0.15) is 5.56 Å². The zero-order chi connectivity index (χ0) is 11.7. The Morgan fingerprint density at radius 3 is 2.94 bits per heavy atom. The molecule has 1 N–H and O–H groups in total. The molecular weight excluding hydrogens is 232 g/mol. The molecule has 2 heterocycles. The highest BCUT2D eigenvalue weighted by atomic mass is 35.5. The summed E-state index contributed by atoms with van der Waals surface area (Å²) < 4.78 is 1.18. The van der Waals surface area contributed by atoms with Gasteiger partial charge in [0.2, 0.25) is 0 Å². The van der Waals surface area contributed by atoms with E-state index in [2.05, 4.69) is 4.98 Å². The molecular formula is C10H7ClN2O3. The molecule has 0 amide bonds. The summed E-state index contributed by atoms with van der Waals surface area (Å²) in [4.78, 5) is 26.4. The predicted octanol–water partition coefficient (Wildman–Crippen LogP) is 0.975. The van der Waals surface area contributed by atoms with E-state index in [9.17, 15) is 9.59 Å². The fraction of sp³-hybridized carbons (Fsp3) is 0.100. The van der Waals surface area contributed by atoms with E-state index in [1.54, 1.807) is 18.2 Å². The van der Waals surface area contributed by atoms with Crippen LogP contribution in [0.15, 0.2) is 29.2 Å². The molecule has 0 unspecified atom stereocenters. The number of pyridine rings is 1. The molecule has 0 fully saturated rings. The molecule has 16 heavy (non-hydrogen) atoms. The number of aliphatic carboxylic acids is 1. The van der Waals surface area contributed by atoms with E-state index >= 15 is 0 Å². The zero-order valence-electron chi connectivity index (χ0n) is 8.05. The van der Waals surface area contributed by atoms with Crippen molar-refractivity contribution in [2.75, 3.05) is 0 Å². The first kappa shape index (κ1) is 10.6. The van der Waals surface area contributed by atoms with E-state index in [1.807, 2.05) is 0 Å². The molecule has 6 heteroatoms. The van der Waals surface area contributed by atoms with Crippen LogP contribution >= 0.6 is 11.6 Å². The lowest BCUT2D eigenvalue weighted by molar-refractivity contribution is -0.136. The number of halogens is 1. The van der Waals surface area contributed by atoms with Crippen LogP contribution < -0.4 is 5.56 Å². The molecule has 0 aliphatic carbocycles. The van der Waals surface area contributed by atoms with Crippen LogP contribution in [0, 0.1) is 0 Å². The number of nitrogens with zero attached hydrogens (tertiary/aromatic N) is 2. The first-order valence-corrected chi connectivity index (χ1v) is 4.84. The molecule has 0 aliphatic rings. The van der Waals surface area contributed by atoms with Crippen molar-refractivity contribution in [2.45, 2.75) is 6.42 Å².